The molecule has 1 N–H and O–H groups in total. The average molecular weight is 351 g/mol. The van der Waals surface area contributed by atoms with Crippen molar-refractivity contribution in [3.63, 3.8) is 0 Å². The number of carboxylic acids is 1. The lowest BCUT2D eigenvalue weighted by molar-refractivity contribution is -0.141. The number of carboxylic acid groups (broad SMARTS) is 1. The van der Waals surface area contributed by atoms with E-state index in [0.717, 1.165) is 0 Å². The molecule has 3 heterocycles. The fourth-order valence-corrected chi connectivity index (χ4v) is 4.86. The Labute approximate surface area is 139 Å². The zero-order valence-electron chi connectivity index (χ0n) is 13.2. The van der Waals surface area contributed by atoms with Crippen LogP contribution in [0.5, 0.6) is 0 Å². The summed E-state index contributed by atoms with van der Waals surface area (Å²) < 4.78 is 31.9. The van der Waals surface area contributed by atoms with Crippen LogP contribution in [0.2, 0.25) is 0 Å². The number of rotatable bonds is 4. The van der Waals surface area contributed by atoms with Crippen LogP contribution in [0, 0.1) is 19.8 Å². The summed E-state index contributed by atoms with van der Waals surface area (Å²) in [6.45, 7) is 3.02. The summed E-state index contributed by atoms with van der Waals surface area (Å²) in [7, 11) is -3.88. The molecule has 0 saturated carbocycles. The number of nitrogens with zero attached hydrogens (tertiary/aromatic N) is 3. The van der Waals surface area contributed by atoms with Crippen molar-refractivity contribution in [1.29, 1.82) is 0 Å². The number of carbonyl (C=O) groups is 1. The third kappa shape index (κ3) is 2.69. The highest BCUT2D eigenvalue weighted by Gasteiger charge is 2.45. The van der Waals surface area contributed by atoms with Gasteiger partial charge in [-0.2, -0.15) is 4.31 Å². The first-order valence-corrected chi connectivity index (χ1v) is 8.83. The molecule has 0 unspecified atom stereocenters. The van der Waals surface area contributed by atoms with Gasteiger partial charge < -0.3 is 9.63 Å². The molecule has 2 atom stereocenters. The summed E-state index contributed by atoms with van der Waals surface area (Å²) in [6.07, 6.45) is 1.57. The van der Waals surface area contributed by atoms with Crippen molar-refractivity contribution < 1.29 is 22.8 Å². The summed E-state index contributed by atoms with van der Waals surface area (Å²) >= 11 is 0. The number of pyridine rings is 1. The van der Waals surface area contributed by atoms with Gasteiger partial charge in [0.2, 0.25) is 10.0 Å². The molecule has 3 rings (SSSR count). The molecule has 9 heteroatoms. The van der Waals surface area contributed by atoms with Crippen molar-refractivity contribution in [3.8, 4) is 0 Å². The van der Waals surface area contributed by atoms with E-state index in [1.807, 2.05) is 0 Å². The van der Waals surface area contributed by atoms with Crippen LogP contribution in [0.25, 0.3) is 0 Å². The molecule has 0 amide bonds. The molecule has 0 radical (unpaired) electrons. The Hall–Kier alpha value is -2.26. The van der Waals surface area contributed by atoms with E-state index in [4.69, 9.17) is 4.52 Å². The SMILES string of the molecule is Cc1noc(C)c1S(=O)(=O)N1C[C@@H](C(=O)O)[C@H](c2ccccn2)C1. The second kappa shape index (κ2) is 5.99. The Balaban J connectivity index is 1.98. The summed E-state index contributed by atoms with van der Waals surface area (Å²) in [5.74, 6) is -2.20. The van der Waals surface area contributed by atoms with E-state index in [1.54, 1.807) is 31.3 Å². The molecule has 0 aromatic carbocycles. The van der Waals surface area contributed by atoms with Gasteiger partial charge in [-0.3, -0.25) is 9.78 Å². The van der Waals surface area contributed by atoms with Crippen molar-refractivity contribution in [1.82, 2.24) is 14.4 Å². The minimum Gasteiger partial charge on any atom is -0.481 e. The van der Waals surface area contributed by atoms with Crippen LogP contribution in [-0.2, 0) is 14.8 Å². The number of aromatic nitrogens is 2. The maximum Gasteiger partial charge on any atom is 0.308 e. The fourth-order valence-electron chi connectivity index (χ4n) is 3.08. The van der Waals surface area contributed by atoms with Crippen LogP contribution in [0.1, 0.15) is 23.1 Å². The topological polar surface area (TPSA) is 114 Å². The summed E-state index contributed by atoms with van der Waals surface area (Å²) in [5.41, 5.74) is 0.835. The van der Waals surface area contributed by atoms with E-state index >= 15 is 0 Å². The van der Waals surface area contributed by atoms with Gasteiger partial charge in [0.15, 0.2) is 5.76 Å². The van der Waals surface area contributed by atoms with Gasteiger partial charge in [0.25, 0.3) is 0 Å². The molecule has 0 spiro atoms. The first kappa shape index (κ1) is 16.6. The average Bonchev–Trinajstić information content (AvgIpc) is 3.13. The normalized spacial score (nSPS) is 21.9. The third-order valence-electron chi connectivity index (χ3n) is 4.24. The van der Waals surface area contributed by atoms with Gasteiger partial charge in [0, 0.05) is 30.9 Å². The Morgan fingerprint density at radius 3 is 2.62 bits per heavy atom. The van der Waals surface area contributed by atoms with Crippen LogP contribution in [0.15, 0.2) is 33.8 Å². The predicted molar refractivity (Wildman–Crippen MR) is 82.8 cm³/mol. The highest BCUT2D eigenvalue weighted by molar-refractivity contribution is 7.89. The van der Waals surface area contributed by atoms with E-state index < -0.39 is 27.8 Å². The summed E-state index contributed by atoms with van der Waals surface area (Å²) in [6, 6.07) is 5.20. The van der Waals surface area contributed by atoms with Crippen LogP contribution < -0.4 is 0 Å². The van der Waals surface area contributed by atoms with Crippen LogP contribution >= 0.6 is 0 Å². The van der Waals surface area contributed by atoms with Gasteiger partial charge in [-0.25, -0.2) is 8.42 Å². The van der Waals surface area contributed by atoms with E-state index in [2.05, 4.69) is 10.1 Å². The quantitative estimate of drug-likeness (QED) is 0.879. The molecular weight excluding hydrogens is 334 g/mol. The van der Waals surface area contributed by atoms with Crippen LogP contribution in [0.3, 0.4) is 0 Å². The van der Waals surface area contributed by atoms with Gasteiger partial charge in [-0.15, -0.1) is 0 Å². The van der Waals surface area contributed by atoms with E-state index in [9.17, 15) is 18.3 Å². The van der Waals surface area contributed by atoms with Gasteiger partial charge in [0.05, 0.1) is 5.92 Å². The van der Waals surface area contributed by atoms with Gasteiger partial charge in [0.1, 0.15) is 10.6 Å². The van der Waals surface area contributed by atoms with Crippen LogP contribution in [-0.4, -0.2) is 47.0 Å². The van der Waals surface area contributed by atoms with Gasteiger partial charge in [-0.1, -0.05) is 11.2 Å². The van der Waals surface area contributed by atoms with Crippen molar-refractivity contribution >= 4 is 16.0 Å². The molecule has 1 saturated heterocycles. The van der Waals surface area contributed by atoms with Crippen molar-refractivity contribution in [2.24, 2.45) is 5.92 Å². The lowest BCUT2D eigenvalue weighted by Gasteiger charge is -2.16. The Kier molecular flexibility index (Phi) is 4.14. The fraction of sp³-hybridized carbons (Fsp3) is 0.400. The highest BCUT2D eigenvalue weighted by atomic mass is 32.2. The molecule has 24 heavy (non-hydrogen) atoms. The molecule has 0 aliphatic carbocycles. The molecule has 8 nitrogen and oxygen atoms in total. The zero-order chi connectivity index (χ0) is 17.5. The molecule has 1 aliphatic heterocycles. The predicted octanol–water partition coefficient (Wildman–Crippen LogP) is 1.18. The number of aryl methyl sites for hydroxylation is 2. The lowest BCUT2D eigenvalue weighted by Crippen LogP contribution is -2.30. The zero-order valence-corrected chi connectivity index (χ0v) is 14.0. The summed E-state index contributed by atoms with van der Waals surface area (Å²) in [4.78, 5) is 15.8. The minimum absolute atomic E-state index is 0.00769. The molecule has 2 aromatic heterocycles. The molecule has 2 aromatic rings. The van der Waals surface area contributed by atoms with E-state index in [1.165, 1.54) is 11.2 Å². The van der Waals surface area contributed by atoms with Crippen molar-refractivity contribution in [3.05, 3.63) is 41.5 Å². The van der Waals surface area contributed by atoms with Gasteiger partial charge in [-0.05, 0) is 26.0 Å². The van der Waals surface area contributed by atoms with Gasteiger partial charge >= 0.3 is 5.97 Å². The van der Waals surface area contributed by atoms with E-state index in [-0.39, 0.29) is 29.4 Å². The highest BCUT2D eigenvalue weighted by Crippen LogP contribution is 2.36. The number of aliphatic carboxylic acids is 1. The van der Waals surface area contributed by atoms with Crippen LogP contribution in [0.4, 0.5) is 0 Å². The molecule has 128 valence electrons. The first-order valence-electron chi connectivity index (χ1n) is 7.39. The van der Waals surface area contributed by atoms with Crippen molar-refractivity contribution in [2.75, 3.05) is 13.1 Å². The number of sulfonamides is 1. The summed E-state index contributed by atoms with van der Waals surface area (Å²) in [5, 5.41) is 13.2. The third-order valence-corrected chi connectivity index (χ3v) is 6.31. The second-order valence-corrected chi connectivity index (χ2v) is 7.66. The Morgan fingerprint density at radius 2 is 2.08 bits per heavy atom. The monoisotopic (exact) mass is 351 g/mol. The number of hydrogen-bond acceptors (Lipinski definition) is 6. The van der Waals surface area contributed by atoms with Crippen molar-refractivity contribution in [2.45, 2.75) is 24.7 Å². The Bertz CT molecular complexity index is 843. The lowest BCUT2D eigenvalue weighted by atomic mass is 9.93. The largest absolute Gasteiger partial charge is 0.481 e. The Morgan fingerprint density at radius 1 is 1.33 bits per heavy atom. The minimum atomic E-state index is -3.88. The molecule has 1 fully saturated rings. The first-order chi connectivity index (χ1) is 11.3. The molecule has 0 bridgehead atoms. The molecular formula is C15H17N3O5S. The second-order valence-electron chi connectivity index (χ2n) is 5.78. The standard InChI is InChI=1S/C15H17N3O5S/c1-9-14(10(2)23-17-9)24(21,22)18-7-11(12(8-18)15(19)20)13-5-3-4-6-16-13/h3-6,11-12H,7-8H2,1-2H3,(H,19,20)/t11-,12-/m1/s1. The molecule has 1 aliphatic rings. The maximum absolute atomic E-state index is 12.9. The maximum atomic E-state index is 12.9. The van der Waals surface area contributed by atoms with E-state index in [0.29, 0.717) is 5.69 Å². The smallest absolute Gasteiger partial charge is 0.308 e. The number of hydrogen-bond donors (Lipinski definition) is 1.